The number of rotatable bonds is 4. The van der Waals surface area contributed by atoms with Gasteiger partial charge in [0, 0.05) is 0 Å². The van der Waals surface area contributed by atoms with Crippen molar-refractivity contribution in [2.24, 2.45) is 0 Å². The lowest BCUT2D eigenvalue weighted by Gasteiger charge is -2.10. The average Bonchev–Trinajstić information content (AvgIpc) is 1.83. The summed E-state index contributed by atoms with van der Waals surface area (Å²) in [7, 11) is -1.81. The van der Waals surface area contributed by atoms with E-state index in [1.807, 2.05) is 13.1 Å². The van der Waals surface area contributed by atoms with Crippen LogP contribution in [0.2, 0.25) is 19.1 Å². The van der Waals surface area contributed by atoms with Crippen molar-refractivity contribution in [1.82, 2.24) is 0 Å². The molecule has 0 aromatic carbocycles. The van der Waals surface area contributed by atoms with Crippen LogP contribution in [-0.4, -0.2) is 13.1 Å². The minimum atomic E-state index is -1.81. The molecule has 0 rings (SSSR count). The normalized spacial score (nSPS) is 12.1. The maximum atomic E-state index is 9.52. The summed E-state index contributed by atoms with van der Waals surface area (Å²) in [5.41, 5.74) is 1.31. The molecule has 0 aromatic rings. The first-order chi connectivity index (χ1) is 5.42. The quantitative estimate of drug-likeness (QED) is 0.526. The standard InChI is InChI=1S/C10H20OSi/c1-10(2)8-6-5-7-9-12(3,4)11/h5-6,8,11H,7,9H2,1-4H3/b6-5-. The molecule has 2 heteroatoms. The molecule has 0 heterocycles. The number of allylic oxidation sites excluding steroid dienone is 4. The lowest BCUT2D eigenvalue weighted by atomic mass is 10.3. The summed E-state index contributed by atoms with van der Waals surface area (Å²) < 4.78 is 0. The molecule has 0 radical (unpaired) electrons. The molecule has 0 amide bonds. The Balaban J connectivity index is 3.57. The van der Waals surface area contributed by atoms with Crippen LogP contribution in [0.3, 0.4) is 0 Å². The Morgan fingerprint density at radius 2 is 1.92 bits per heavy atom. The van der Waals surface area contributed by atoms with Crippen LogP contribution < -0.4 is 0 Å². The molecule has 12 heavy (non-hydrogen) atoms. The van der Waals surface area contributed by atoms with Crippen LogP contribution >= 0.6 is 0 Å². The highest BCUT2D eigenvalue weighted by Crippen LogP contribution is 2.07. The Morgan fingerprint density at radius 1 is 1.33 bits per heavy atom. The van der Waals surface area contributed by atoms with E-state index in [2.05, 4.69) is 32.1 Å². The first-order valence-corrected chi connectivity index (χ1v) is 7.60. The monoisotopic (exact) mass is 184 g/mol. The molecular weight excluding hydrogens is 164 g/mol. The van der Waals surface area contributed by atoms with Gasteiger partial charge >= 0.3 is 0 Å². The molecule has 1 N–H and O–H groups in total. The molecule has 0 unspecified atom stereocenters. The topological polar surface area (TPSA) is 20.2 Å². The lowest BCUT2D eigenvalue weighted by molar-refractivity contribution is 0.548. The van der Waals surface area contributed by atoms with E-state index in [9.17, 15) is 4.80 Å². The van der Waals surface area contributed by atoms with Crippen LogP contribution in [0, 0.1) is 0 Å². The van der Waals surface area contributed by atoms with Gasteiger partial charge in [0.25, 0.3) is 0 Å². The zero-order valence-corrected chi connectivity index (χ0v) is 9.59. The summed E-state index contributed by atoms with van der Waals surface area (Å²) in [5.74, 6) is 0. The summed E-state index contributed by atoms with van der Waals surface area (Å²) in [6.45, 7) is 8.10. The van der Waals surface area contributed by atoms with Gasteiger partial charge in [0.05, 0.1) is 0 Å². The van der Waals surface area contributed by atoms with Crippen LogP contribution in [-0.2, 0) is 0 Å². The molecule has 1 nitrogen and oxygen atoms in total. The van der Waals surface area contributed by atoms with Gasteiger partial charge in [0.15, 0.2) is 8.32 Å². The highest BCUT2D eigenvalue weighted by molar-refractivity contribution is 6.69. The van der Waals surface area contributed by atoms with Crippen LogP contribution in [0.25, 0.3) is 0 Å². The molecule has 0 atom stereocenters. The Hall–Kier alpha value is -0.343. The molecule has 0 spiro atoms. The summed E-state index contributed by atoms with van der Waals surface area (Å²) >= 11 is 0. The highest BCUT2D eigenvalue weighted by Gasteiger charge is 2.14. The lowest BCUT2D eigenvalue weighted by Crippen LogP contribution is -2.23. The molecular formula is C10H20OSi. The second-order valence-electron chi connectivity index (χ2n) is 4.02. The third-order valence-corrected chi connectivity index (χ3v) is 3.00. The van der Waals surface area contributed by atoms with E-state index in [0.717, 1.165) is 12.5 Å². The smallest absolute Gasteiger partial charge is 0.182 e. The average molecular weight is 184 g/mol. The third kappa shape index (κ3) is 9.66. The van der Waals surface area contributed by atoms with Crippen molar-refractivity contribution >= 4 is 8.32 Å². The van der Waals surface area contributed by atoms with Crippen molar-refractivity contribution in [2.45, 2.75) is 39.4 Å². The predicted octanol–water partition coefficient (Wildman–Crippen LogP) is 3.10. The van der Waals surface area contributed by atoms with E-state index in [1.165, 1.54) is 5.57 Å². The van der Waals surface area contributed by atoms with Gasteiger partial charge in [-0.3, -0.25) is 0 Å². The summed E-state index contributed by atoms with van der Waals surface area (Å²) in [4.78, 5) is 9.52. The first-order valence-electron chi connectivity index (χ1n) is 4.44. The first kappa shape index (κ1) is 11.7. The van der Waals surface area contributed by atoms with Crippen molar-refractivity contribution in [1.29, 1.82) is 0 Å². The second kappa shape index (κ2) is 5.33. The van der Waals surface area contributed by atoms with Crippen molar-refractivity contribution < 1.29 is 4.80 Å². The largest absolute Gasteiger partial charge is 0.432 e. The van der Waals surface area contributed by atoms with E-state index < -0.39 is 8.32 Å². The molecule has 0 bridgehead atoms. The Kier molecular flexibility index (Phi) is 5.18. The van der Waals surface area contributed by atoms with Gasteiger partial charge < -0.3 is 4.80 Å². The van der Waals surface area contributed by atoms with Gasteiger partial charge in [-0.05, 0) is 39.4 Å². The van der Waals surface area contributed by atoms with Gasteiger partial charge in [0.2, 0.25) is 0 Å². The van der Waals surface area contributed by atoms with Gasteiger partial charge in [-0.1, -0.05) is 23.8 Å². The maximum absolute atomic E-state index is 9.52. The maximum Gasteiger partial charge on any atom is 0.182 e. The molecule has 70 valence electrons. The van der Waals surface area contributed by atoms with Crippen LogP contribution in [0.4, 0.5) is 0 Å². The van der Waals surface area contributed by atoms with Gasteiger partial charge in [-0.25, -0.2) is 0 Å². The summed E-state index contributed by atoms with van der Waals surface area (Å²) in [6.07, 6.45) is 7.28. The summed E-state index contributed by atoms with van der Waals surface area (Å²) in [6, 6.07) is 0.958. The predicted molar refractivity (Wildman–Crippen MR) is 57.7 cm³/mol. The van der Waals surface area contributed by atoms with Gasteiger partial charge in [-0.2, -0.15) is 0 Å². The SMILES string of the molecule is CC(C)=C/C=C\CC[Si](C)(C)O. The highest BCUT2D eigenvalue weighted by atomic mass is 28.4. The second-order valence-corrected chi connectivity index (χ2v) is 8.15. The Labute approximate surface area is 76.9 Å². The van der Waals surface area contributed by atoms with Crippen molar-refractivity contribution in [2.75, 3.05) is 0 Å². The molecule has 0 aromatic heterocycles. The molecule has 0 saturated heterocycles. The van der Waals surface area contributed by atoms with E-state index in [4.69, 9.17) is 0 Å². The van der Waals surface area contributed by atoms with Crippen LogP contribution in [0.5, 0.6) is 0 Å². The van der Waals surface area contributed by atoms with E-state index >= 15 is 0 Å². The molecule has 0 aliphatic rings. The minimum Gasteiger partial charge on any atom is -0.432 e. The molecule has 0 aliphatic carbocycles. The van der Waals surface area contributed by atoms with E-state index in [-0.39, 0.29) is 0 Å². The van der Waals surface area contributed by atoms with Crippen molar-refractivity contribution in [3.63, 3.8) is 0 Å². The Bertz CT molecular complexity index is 171. The fraction of sp³-hybridized carbons (Fsp3) is 0.600. The third-order valence-electron chi connectivity index (χ3n) is 1.49. The molecule has 0 fully saturated rings. The Morgan fingerprint density at radius 3 is 2.33 bits per heavy atom. The number of hydrogen-bond donors (Lipinski definition) is 1. The van der Waals surface area contributed by atoms with Crippen LogP contribution in [0.15, 0.2) is 23.8 Å². The molecule has 0 saturated carbocycles. The fourth-order valence-electron chi connectivity index (χ4n) is 0.793. The van der Waals surface area contributed by atoms with Crippen molar-refractivity contribution in [3.8, 4) is 0 Å². The van der Waals surface area contributed by atoms with Crippen LogP contribution in [0.1, 0.15) is 20.3 Å². The van der Waals surface area contributed by atoms with E-state index in [0.29, 0.717) is 0 Å². The van der Waals surface area contributed by atoms with Gasteiger partial charge in [0.1, 0.15) is 0 Å². The van der Waals surface area contributed by atoms with Gasteiger partial charge in [-0.15, -0.1) is 0 Å². The zero-order chi connectivity index (χ0) is 9.61. The fourth-order valence-corrected chi connectivity index (χ4v) is 1.67. The summed E-state index contributed by atoms with van der Waals surface area (Å²) in [5, 5.41) is 0. The minimum absolute atomic E-state index is 0.958. The van der Waals surface area contributed by atoms with E-state index in [1.54, 1.807) is 0 Å². The number of hydrogen-bond acceptors (Lipinski definition) is 1. The molecule has 0 aliphatic heterocycles. The zero-order valence-electron chi connectivity index (χ0n) is 8.59. The van der Waals surface area contributed by atoms with Crippen molar-refractivity contribution in [3.05, 3.63) is 23.8 Å².